The van der Waals surface area contributed by atoms with Crippen molar-refractivity contribution in [1.82, 2.24) is 14.8 Å². The van der Waals surface area contributed by atoms with Crippen LogP contribution in [0.2, 0.25) is 0 Å². The molecule has 2 heterocycles. The molecule has 1 fully saturated rings. The monoisotopic (exact) mass is 367 g/mol. The Morgan fingerprint density at radius 2 is 1.96 bits per heavy atom. The summed E-state index contributed by atoms with van der Waals surface area (Å²) in [7, 11) is 1.59. The second kappa shape index (κ2) is 8.33. The lowest BCUT2D eigenvalue weighted by atomic mass is 10.1. The zero-order chi connectivity index (χ0) is 17.1. The van der Waals surface area contributed by atoms with Crippen molar-refractivity contribution in [2.45, 2.75) is 0 Å². The minimum atomic E-state index is -0.549. The number of benzene rings is 1. The molecule has 3 rings (SSSR count). The van der Waals surface area contributed by atoms with Gasteiger partial charge in [-0.2, -0.15) is 0 Å². The maximum absolute atomic E-state index is 12.4. The van der Waals surface area contributed by atoms with Crippen molar-refractivity contribution in [3.8, 4) is 5.75 Å². The molecule has 25 heavy (non-hydrogen) atoms. The molecular formula is C17H22ClN3O4. The van der Waals surface area contributed by atoms with Crippen LogP contribution in [0.15, 0.2) is 29.1 Å². The van der Waals surface area contributed by atoms with Gasteiger partial charge >= 0.3 is 0 Å². The Labute approximate surface area is 151 Å². The quantitative estimate of drug-likeness (QED) is 0.832. The van der Waals surface area contributed by atoms with Crippen molar-refractivity contribution in [3.05, 3.63) is 40.2 Å². The van der Waals surface area contributed by atoms with Crippen molar-refractivity contribution in [2.75, 3.05) is 39.4 Å². The molecule has 7 nitrogen and oxygen atoms in total. The summed E-state index contributed by atoms with van der Waals surface area (Å²) in [4.78, 5) is 27.0. The molecule has 0 spiro atoms. The Kier molecular flexibility index (Phi) is 6.41. The minimum Gasteiger partial charge on any atom is -0.506 e. The summed E-state index contributed by atoms with van der Waals surface area (Å²) >= 11 is 0. The summed E-state index contributed by atoms with van der Waals surface area (Å²) in [6, 6.07) is 6.96. The van der Waals surface area contributed by atoms with Gasteiger partial charge < -0.3 is 19.7 Å². The number of fused-ring (bicyclic) bond motifs is 1. The highest BCUT2D eigenvalue weighted by Gasteiger charge is 2.21. The fourth-order valence-corrected chi connectivity index (χ4v) is 2.92. The lowest BCUT2D eigenvalue weighted by Gasteiger charge is -2.26. The molecule has 2 aromatic rings. The van der Waals surface area contributed by atoms with Gasteiger partial charge in [0.2, 0.25) is 0 Å². The number of carbonyl (C=O) groups excluding carboxylic acids is 1. The van der Waals surface area contributed by atoms with Crippen LogP contribution in [0.25, 0.3) is 10.9 Å². The van der Waals surface area contributed by atoms with E-state index in [1.54, 1.807) is 31.3 Å². The van der Waals surface area contributed by atoms with Crippen LogP contribution in [0.4, 0.5) is 0 Å². The van der Waals surface area contributed by atoms with Crippen molar-refractivity contribution >= 4 is 29.2 Å². The van der Waals surface area contributed by atoms with E-state index in [4.69, 9.17) is 4.74 Å². The molecule has 0 atom stereocenters. The van der Waals surface area contributed by atoms with Crippen LogP contribution < -0.4 is 10.9 Å². The van der Waals surface area contributed by atoms with Gasteiger partial charge in [0.1, 0.15) is 11.3 Å². The first-order valence-corrected chi connectivity index (χ1v) is 7.98. The second-order valence-electron chi connectivity index (χ2n) is 5.81. The number of hydrogen-bond acceptors (Lipinski definition) is 5. The molecule has 1 aliphatic heterocycles. The highest BCUT2D eigenvalue weighted by atomic mass is 35.5. The maximum atomic E-state index is 12.4. The third-order valence-corrected chi connectivity index (χ3v) is 4.32. The molecule has 1 aromatic heterocycles. The van der Waals surface area contributed by atoms with Gasteiger partial charge in [-0.05, 0) is 12.1 Å². The van der Waals surface area contributed by atoms with Crippen LogP contribution in [-0.2, 0) is 11.8 Å². The molecule has 1 amide bonds. The fourth-order valence-electron chi connectivity index (χ4n) is 2.92. The topological polar surface area (TPSA) is 83.8 Å². The molecular weight excluding hydrogens is 346 g/mol. The standard InChI is InChI=1S/C17H21N3O4.ClH/c1-19-13-5-3-2-4-12(13)15(21)14(17(19)23)16(22)18-6-7-20-8-10-24-11-9-20;/h2-5,21H,6-11H2,1H3,(H,18,22);1H. The number of ether oxygens (including phenoxy) is 1. The van der Waals surface area contributed by atoms with Gasteiger partial charge in [-0.25, -0.2) is 0 Å². The van der Waals surface area contributed by atoms with Crippen LogP contribution in [-0.4, -0.2) is 59.9 Å². The van der Waals surface area contributed by atoms with Gasteiger partial charge in [0.15, 0.2) is 0 Å². The van der Waals surface area contributed by atoms with E-state index in [0.29, 0.717) is 37.2 Å². The first-order chi connectivity index (χ1) is 11.6. The Balaban J connectivity index is 0.00000225. The molecule has 8 heteroatoms. The Morgan fingerprint density at radius 1 is 1.28 bits per heavy atom. The minimum absolute atomic E-state index is 0. The number of hydrogen-bond donors (Lipinski definition) is 2. The van der Waals surface area contributed by atoms with Crippen LogP contribution in [0.5, 0.6) is 5.75 Å². The number of halogens is 1. The number of aryl methyl sites for hydroxylation is 1. The molecule has 0 aliphatic carbocycles. The number of aromatic hydroxyl groups is 1. The number of para-hydroxylation sites is 1. The normalized spacial score (nSPS) is 14.9. The van der Waals surface area contributed by atoms with Crippen LogP contribution in [0, 0.1) is 0 Å². The zero-order valence-corrected chi connectivity index (χ0v) is 14.8. The van der Waals surface area contributed by atoms with E-state index in [1.165, 1.54) is 4.57 Å². The van der Waals surface area contributed by atoms with Gasteiger partial charge in [-0.15, -0.1) is 12.4 Å². The molecule has 136 valence electrons. The largest absolute Gasteiger partial charge is 0.506 e. The number of amides is 1. The third-order valence-electron chi connectivity index (χ3n) is 4.32. The van der Waals surface area contributed by atoms with E-state index in [2.05, 4.69) is 10.2 Å². The van der Waals surface area contributed by atoms with E-state index < -0.39 is 11.5 Å². The highest BCUT2D eigenvalue weighted by molar-refractivity contribution is 6.02. The van der Waals surface area contributed by atoms with Crippen molar-refractivity contribution < 1.29 is 14.6 Å². The molecule has 0 radical (unpaired) electrons. The summed E-state index contributed by atoms with van der Waals surface area (Å²) in [6.45, 7) is 4.15. The summed E-state index contributed by atoms with van der Waals surface area (Å²) in [5.74, 6) is -0.815. The van der Waals surface area contributed by atoms with E-state index in [-0.39, 0.29) is 23.7 Å². The molecule has 1 aromatic carbocycles. The molecule has 0 saturated carbocycles. The predicted molar refractivity (Wildman–Crippen MR) is 97.7 cm³/mol. The number of nitrogens with zero attached hydrogens (tertiary/aromatic N) is 2. The molecule has 2 N–H and O–H groups in total. The van der Waals surface area contributed by atoms with Crippen LogP contribution in [0.3, 0.4) is 0 Å². The molecule has 0 unspecified atom stereocenters. The summed E-state index contributed by atoms with van der Waals surface area (Å²) < 4.78 is 6.66. The number of aromatic nitrogens is 1. The number of nitrogens with one attached hydrogen (secondary N) is 1. The van der Waals surface area contributed by atoms with Gasteiger partial charge in [-0.1, -0.05) is 12.1 Å². The second-order valence-corrected chi connectivity index (χ2v) is 5.81. The SMILES string of the molecule is Cl.Cn1c(=O)c(C(=O)NCCN2CCOCC2)c(O)c2ccccc21. The Morgan fingerprint density at radius 3 is 2.68 bits per heavy atom. The third kappa shape index (κ3) is 3.95. The smallest absolute Gasteiger partial charge is 0.267 e. The van der Waals surface area contributed by atoms with Gasteiger partial charge in [-0.3, -0.25) is 14.5 Å². The summed E-state index contributed by atoms with van der Waals surface area (Å²) in [5, 5.41) is 13.6. The van der Waals surface area contributed by atoms with Gasteiger partial charge in [0, 0.05) is 38.6 Å². The summed E-state index contributed by atoms with van der Waals surface area (Å²) in [6.07, 6.45) is 0. The van der Waals surface area contributed by atoms with Crippen molar-refractivity contribution in [1.29, 1.82) is 0 Å². The number of rotatable bonds is 4. The molecule has 1 saturated heterocycles. The van der Waals surface area contributed by atoms with E-state index in [1.807, 2.05) is 0 Å². The number of carbonyl (C=O) groups is 1. The van der Waals surface area contributed by atoms with Gasteiger partial charge in [0.05, 0.1) is 18.7 Å². The van der Waals surface area contributed by atoms with Crippen molar-refractivity contribution in [3.63, 3.8) is 0 Å². The zero-order valence-electron chi connectivity index (χ0n) is 14.0. The van der Waals surface area contributed by atoms with Crippen molar-refractivity contribution in [2.24, 2.45) is 7.05 Å². The van der Waals surface area contributed by atoms with E-state index in [0.717, 1.165) is 13.1 Å². The van der Waals surface area contributed by atoms with Crippen LogP contribution in [0.1, 0.15) is 10.4 Å². The maximum Gasteiger partial charge on any atom is 0.267 e. The highest BCUT2D eigenvalue weighted by Crippen LogP contribution is 2.25. The molecule has 0 bridgehead atoms. The predicted octanol–water partition coefficient (Wildman–Crippen LogP) is 0.728. The average molecular weight is 368 g/mol. The Bertz CT molecular complexity index is 815. The lowest BCUT2D eigenvalue weighted by Crippen LogP contribution is -2.42. The lowest BCUT2D eigenvalue weighted by molar-refractivity contribution is 0.0383. The Hall–Kier alpha value is -2.09. The van der Waals surface area contributed by atoms with E-state index >= 15 is 0 Å². The summed E-state index contributed by atoms with van der Waals surface area (Å²) in [5.41, 5.74) is -0.127. The fraction of sp³-hybridized carbons (Fsp3) is 0.412. The average Bonchev–Trinajstić information content (AvgIpc) is 2.61. The van der Waals surface area contributed by atoms with Gasteiger partial charge in [0.25, 0.3) is 11.5 Å². The molecule has 1 aliphatic rings. The first kappa shape index (κ1) is 19.2. The first-order valence-electron chi connectivity index (χ1n) is 7.98. The van der Waals surface area contributed by atoms with E-state index in [9.17, 15) is 14.7 Å². The van der Waals surface area contributed by atoms with Crippen LogP contribution >= 0.6 is 12.4 Å². The number of morpholine rings is 1. The number of pyridine rings is 1.